The largest absolute Gasteiger partial charge is 0.382 e. The van der Waals surface area contributed by atoms with Crippen molar-refractivity contribution in [3.63, 3.8) is 0 Å². The van der Waals surface area contributed by atoms with Gasteiger partial charge in [0.05, 0.1) is 13.2 Å². The lowest BCUT2D eigenvalue weighted by molar-refractivity contribution is 0.121. The van der Waals surface area contributed by atoms with Crippen molar-refractivity contribution in [1.82, 2.24) is 15.6 Å². The van der Waals surface area contributed by atoms with Crippen LogP contribution in [0, 0.1) is 0 Å². The van der Waals surface area contributed by atoms with Crippen LogP contribution in [0.5, 0.6) is 0 Å². The lowest BCUT2D eigenvalue weighted by Gasteiger charge is -2.11. The Hall–Kier alpha value is -0.890. The Kier molecular flexibility index (Phi) is 12.9. The third kappa shape index (κ3) is 13.3. The molecular weight excluding hydrogens is 246 g/mol. The number of ether oxygens (including phenoxy) is 2. The summed E-state index contributed by atoms with van der Waals surface area (Å²) in [5.74, 6) is 5.96. The summed E-state index contributed by atoms with van der Waals surface area (Å²) in [5, 5.41) is 3.08. The van der Waals surface area contributed by atoms with Gasteiger partial charge in [-0.15, -0.1) is 0 Å². The number of nitrogens with two attached hydrogens (primary N) is 1. The fraction of sp³-hybridized carbons (Fsp3) is 0.917. The second kappa shape index (κ2) is 13.5. The summed E-state index contributed by atoms with van der Waals surface area (Å²) in [6.45, 7) is 7.11. The lowest BCUT2D eigenvalue weighted by atomic mass is 10.4. The van der Waals surface area contributed by atoms with E-state index in [1.54, 1.807) is 0 Å². The molecule has 0 aromatic heterocycles. The first-order valence-corrected chi connectivity index (χ1v) is 6.75. The number of hydrogen-bond acceptors (Lipinski definition) is 5. The molecule has 0 saturated carbocycles. The van der Waals surface area contributed by atoms with Crippen LogP contribution in [0.25, 0.3) is 0 Å². The van der Waals surface area contributed by atoms with Crippen LogP contribution in [0.3, 0.4) is 0 Å². The Morgan fingerprint density at radius 1 is 1.21 bits per heavy atom. The van der Waals surface area contributed by atoms with Gasteiger partial charge in [-0.3, -0.25) is 10.4 Å². The Morgan fingerprint density at radius 3 is 2.63 bits per heavy atom. The lowest BCUT2D eigenvalue weighted by Crippen LogP contribution is -2.43. The normalized spacial score (nSPS) is 11.9. The molecule has 19 heavy (non-hydrogen) atoms. The van der Waals surface area contributed by atoms with Crippen LogP contribution >= 0.6 is 0 Å². The number of likely N-dealkylation sites (N-methyl/N-ethyl adjacent to an activating group) is 1. The van der Waals surface area contributed by atoms with Gasteiger partial charge in [0.25, 0.3) is 0 Å². The maximum atomic E-state index is 5.45. The van der Waals surface area contributed by atoms with Gasteiger partial charge >= 0.3 is 0 Å². The molecule has 0 unspecified atom stereocenters. The molecule has 7 nitrogen and oxygen atoms in total. The number of rotatable bonds is 11. The van der Waals surface area contributed by atoms with Crippen molar-refractivity contribution in [3.8, 4) is 0 Å². The molecular formula is C12H29N5O2. The topological polar surface area (TPSA) is 84.1 Å². The van der Waals surface area contributed by atoms with Crippen molar-refractivity contribution < 1.29 is 9.47 Å². The zero-order valence-electron chi connectivity index (χ0n) is 12.4. The molecule has 0 radical (unpaired) electrons. The molecule has 0 heterocycles. The second-order valence-corrected chi connectivity index (χ2v) is 4.27. The summed E-state index contributed by atoms with van der Waals surface area (Å²) in [4.78, 5) is 6.37. The Labute approximate surface area is 116 Å². The number of nitrogens with one attached hydrogen (secondary N) is 2. The Balaban J connectivity index is 3.50. The average molecular weight is 275 g/mol. The maximum Gasteiger partial charge on any atom is 0.205 e. The van der Waals surface area contributed by atoms with Gasteiger partial charge in [0.1, 0.15) is 0 Å². The van der Waals surface area contributed by atoms with Crippen LogP contribution in [0.15, 0.2) is 4.99 Å². The van der Waals surface area contributed by atoms with E-state index < -0.39 is 0 Å². The summed E-state index contributed by atoms with van der Waals surface area (Å²) < 4.78 is 10.7. The average Bonchev–Trinajstić information content (AvgIpc) is 2.39. The molecule has 4 N–H and O–H groups in total. The SMILES string of the molecule is CCOCCCN=C(NN)NCCOCCN(C)C. The summed E-state index contributed by atoms with van der Waals surface area (Å²) in [6.07, 6.45) is 0.889. The van der Waals surface area contributed by atoms with Gasteiger partial charge in [-0.05, 0) is 27.4 Å². The summed E-state index contributed by atoms with van der Waals surface area (Å²) in [5.41, 5.74) is 2.54. The molecule has 0 spiro atoms. The molecule has 0 aromatic rings. The molecule has 0 aliphatic carbocycles. The fourth-order valence-electron chi connectivity index (χ4n) is 1.25. The predicted octanol–water partition coefficient (Wildman–Crippen LogP) is -0.600. The standard InChI is InChI=1S/C12H29N5O2/c1-4-18-9-5-6-14-12(16-13)15-7-10-19-11-8-17(2)3/h4-11,13H2,1-3H3,(H2,14,15,16). The monoisotopic (exact) mass is 275 g/mol. The number of nitrogens with zero attached hydrogens (tertiary/aromatic N) is 2. The van der Waals surface area contributed by atoms with Crippen LogP contribution in [-0.2, 0) is 9.47 Å². The van der Waals surface area contributed by atoms with E-state index in [1.807, 2.05) is 21.0 Å². The molecule has 0 aliphatic rings. The molecule has 0 saturated heterocycles. The first-order valence-electron chi connectivity index (χ1n) is 6.75. The third-order valence-electron chi connectivity index (χ3n) is 2.28. The van der Waals surface area contributed by atoms with Crippen LogP contribution in [0.1, 0.15) is 13.3 Å². The highest BCUT2D eigenvalue weighted by atomic mass is 16.5. The smallest absolute Gasteiger partial charge is 0.205 e. The van der Waals surface area contributed by atoms with Crippen LogP contribution in [0.4, 0.5) is 0 Å². The summed E-state index contributed by atoms with van der Waals surface area (Å²) in [6, 6.07) is 0. The van der Waals surface area contributed by atoms with E-state index in [-0.39, 0.29) is 0 Å². The molecule has 7 heteroatoms. The molecule has 0 fully saturated rings. The second-order valence-electron chi connectivity index (χ2n) is 4.27. The molecule has 0 aromatic carbocycles. The van der Waals surface area contributed by atoms with Gasteiger partial charge in [0.15, 0.2) is 0 Å². The predicted molar refractivity (Wildman–Crippen MR) is 78.1 cm³/mol. The third-order valence-corrected chi connectivity index (χ3v) is 2.28. The van der Waals surface area contributed by atoms with Gasteiger partial charge in [-0.25, -0.2) is 5.84 Å². The van der Waals surface area contributed by atoms with Gasteiger partial charge < -0.3 is 19.7 Å². The molecule has 0 bridgehead atoms. The number of hydrazine groups is 1. The van der Waals surface area contributed by atoms with Crippen molar-refractivity contribution in [1.29, 1.82) is 0 Å². The van der Waals surface area contributed by atoms with E-state index in [0.717, 1.165) is 32.8 Å². The van der Waals surface area contributed by atoms with Crippen molar-refractivity contribution >= 4 is 5.96 Å². The van der Waals surface area contributed by atoms with Gasteiger partial charge in [-0.2, -0.15) is 0 Å². The highest BCUT2D eigenvalue weighted by Gasteiger charge is 1.96. The minimum absolute atomic E-state index is 0.590. The van der Waals surface area contributed by atoms with E-state index in [1.165, 1.54) is 0 Å². The summed E-state index contributed by atoms with van der Waals surface area (Å²) >= 11 is 0. The molecule has 0 atom stereocenters. The Morgan fingerprint density at radius 2 is 2.00 bits per heavy atom. The van der Waals surface area contributed by atoms with Gasteiger partial charge in [-0.1, -0.05) is 0 Å². The number of guanidine groups is 1. The van der Waals surface area contributed by atoms with Gasteiger partial charge in [0, 0.05) is 32.8 Å². The number of hydrogen-bond donors (Lipinski definition) is 3. The zero-order chi connectivity index (χ0) is 14.3. The van der Waals surface area contributed by atoms with E-state index >= 15 is 0 Å². The Bertz CT molecular complexity index is 224. The molecule has 114 valence electrons. The van der Waals surface area contributed by atoms with Crippen molar-refractivity contribution in [3.05, 3.63) is 0 Å². The van der Waals surface area contributed by atoms with Crippen LogP contribution in [0.2, 0.25) is 0 Å². The minimum Gasteiger partial charge on any atom is -0.382 e. The fourth-order valence-corrected chi connectivity index (χ4v) is 1.25. The molecule has 0 amide bonds. The highest BCUT2D eigenvalue weighted by molar-refractivity contribution is 5.79. The zero-order valence-corrected chi connectivity index (χ0v) is 12.4. The maximum absolute atomic E-state index is 5.45. The summed E-state index contributed by atoms with van der Waals surface area (Å²) in [7, 11) is 4.04. The van der Waals surface area contributed by atoms with E-state index in [0.29, 0.717) is 25.7 Å². The van der Waals surface area contributed by atoms with Crippen LogP contribution in [-0.4, -0.2) is 71.0 Å². The van der Waals surface area contributed by atoms with E-state index in [2.05, 4.69) is 20.6 Å². The number of aliphatic imine (C=N–C) groups is 1. The molecule has 0 rings (SSSR count). The first kappa shape index (κ1) is 18.1. The quantitative estimate of drug-likeness (QED) is 0.154. The van der Waals surface area contributed by atoms with Crippen molar-refractivity contribution in [2.24, 2.45) is 10.8 Å². The minimum atomic E-state index is 0.590. The molecule has 0 aliphatic heterocycles. The van der Waals surface area contributed by atoms with Crippen LogP contribution < -0.4 is 16.6 Å². The van der Waals surface area contributed by atoms with E-state index in [9.17, 15) is 0 Å². The van der Waals surface area contributed by atoms with E-state index in [4.69, 9.17) is 15.3 Å². The van der Waals surface area contributed by atoms with Gasteiger partial charge in [0.2, 0.25) is 5.96 Å². The first-order chi connectivity index (χ1) is 9.20. The highest BCUT2D eigenvalue weighted by Crippen LogP contribution is 1.84. The van der Waals surface area contributed by atoms with Crippen molar-refractivity contribution in [2.45, 2.75) is 13.3 Å². The van der Waals surface area contributed by atoms with Crippen molar-refractivity contribution in [2.75, 3.05) is 60.2 Å².